The maximum Gasteiger partial charge on any atom is 0.231 e. The largest absolute Gasteiger partial charge is 0.381 e. The van der Waals surface area contributed by atoms with Gasteiger partial charge in [0.1, 0.15) is 0 Å². The number of nitrogens with one attached hydrogen (secondary N) is 1. The lowest BCUT2D eigenvalue weighted by atomic mass is 9.99. The van der Waals surface area contributed by atoms with Crippen LogP contribution in [0.4, 0.5) is 0 Å². The second-order valence-corrected chi connectivity index (χ2v) is 5.06. The standard InChI is InChI=1S/C14H27N3O2/c1-6-8-15-12(7-2)11(4)14-16-13(17-19-14)9-10(3)18-5/h10-12,15H,6-9H2,1-5H3. The number of rotatable bonds is 9. The van der Waals surface area contributed by atoms with E-state index < -0.39 is 0 Å². The summed E-state index contributed by atoms with van der Waals surface area (Å²) >= 11 is 0. The Morgan fingerprint density at radius 3 is 2.63 bits per heavy atom. The average Bonchev–Trinajstić information content (AvgIpc) is 2.87. The minimum Gasteiger partial charge on any atom is -0.381 e. The van der Waals surface area contributed by atoms with Crippen molar-refractivity contribution in [1.29, 1.82) is 0 Å². The number of aromatic nitrogens is 2. The molecule has 5 nitrogen and oxygen atoms in total. The summed E-state index contributed by atoms with van der Waals surface area (Å²) in [7, 11) is 1.69. The fourth-order valence-electron chi connectivity index (χ4n) is 2.05. The Hall–Kier alpha value is -0.940. The molecule has 0 aromatic carbocycles. The molecule has 5 heteroatoms. The topological polar surface area (TPSA) is 60.2 Å². The molecular formula is C14H27N3O2. The van der Waals surface area contributed by atoms with Crippen molar-refractivity contribution in [2.45, 2.75) is 65.0 Å². The Bertz CT molecular complexity index is 354. The summed E-state index contributed by atoms with van der Waals surface area (Å²) in [5.74, 6) is 1.67. The van der Waals surface area contributed by atoms with E-state index in [0.29, 0.717) is 18.4 Å². The van der Waals surface area contributed by atoms with Crippen molar-refractivity contribution in [3.8, 4) is 0 Å². The Balaban J connectivity index is 2.62. The molecule has 1 rings (SSSR count). The van der Waals surface area contributed by atoms with E-state index >= 15 is 0 Å². The summed E-state index contributed by atoms with van der Waals surface area (Å²) in [4.78, 5) is 4.48. The second kappa shape index (κ2) is 8.27. The molecule has 0 radical (unpaired) electrons. The van der Waals surface area contributed by atoms with Crippen molar-refractivity contribution in [2.75, 3.05) is 13.7 Å². The first kappa shape index (κ1) is 16.1. The van der Waals surface area contributed by atoms with Crippen LogP contribution >= 0.6 is 0 Å². The minimum atomic E-state index is 0.112. The Labute approximate surface area is 116 Å². The molecule has 3 atom stereocenters. The molecule has 0 fully saturated rings. The zero-order valence-corrected chi connectivity index (χ0v) is 12.8. The van der Waals surface area contributed by atoms with Crippen molar-refractivity contribution >= 4 is 0 Å². The van der Waals surface area contributed by atoms with Gasteiger partial charge in [0, 0.05) is 19.6 Å². The van der Waals surface area contributed by atoms with E-state index in [1.54, 1.807) is 7.11 Å². The van der Waals surface area contributed by atoms with Gasteiger partial charge in [0.05, 0.1) is 12.0 Å². The molecule has 0 amide bonds. The zero-order valence-electron chi connectivity index (χ0n) is 12.8. The van der Waals surface area contributed by atoms with Crippen LogP contribution in [-0.2, 0) is 11.2 Å². The van der Waals surface area contributed by atoms with Crippen LogP contribution in [0.3, 0.4) is 0 Å². The van der Waals surface area contributed by atoms with Crippen LogP contribution in [0.2, 0.25) is 0 Å². The lowest BCUT2D eigenvalue weighted by molar-refractivity contribution is 0.116. The fourth-order valence-corrected chi connectivity index (χ4v) is 2.05. The van der Waals surface area contributed by atoms with E-state index in [4.69, 9.17) is 9.26 Å². The van der Waals surface area contributed by atoms with E-state index in [9.17, 15) is 0 Å². The number of hydrogen-bond donors (Lipinski definition) is 1. The molecule has 1 aromatic rings. The van der Waals surface area contributed by atoms with Crippen molar-refractivity contribution in [2.24, 2.45) is 0 Å². The summed E-state index contributed by atoms with van der Waals surface area (Å²) in [5, 5.41) is 7.55. The molecule has 0 bridgehead atoms. The third-order valence-corrected chi connectivity index (χ3v) is 3.45. The molecular weight excluding hydrogens is 242 g/mol. The predicted octanol–water partition coefficient (Wildman–Crippen LogP) is 2.53. The SMILES string of the molecule is CCCNC(CC)C(C)c1nc(CC(C)OC)no1. The zero-order chi connectivity index (χ0) is 14.3. The van der Waals surface area contributed by atoms with Gasteiger partial charge in [-0.15, -0.1) is 0 Å². The third-order valence-electron chi connectivity index (χ3n) is 3.45. The highest BCUT2D eigenvalue weighted by Crippen LogP contribution is 2.20. The van der Waals surface area contributed by atoms with Gasteiger partial charge in [-0.1, -0.05) is 25.9 Å². The molecule has 1 N–H and O–H groups in total. The van der Waals surface area contributed by atoms with Crippen LogP contribution in [0.15, 0.2) is 4.52 Å². The van der Waals surface area contributed by atoms with Crippen LogP contribution in [0.1, 0.15) is 58.2 Å². The van der Waals surface area contributed by atoms with Crippen molar-refractivity contribution < 1.29 is 9.26 Å². The first-order chi connectivity index (χ1) is 9.12. The Morgan fingerprint density at radius 2 is 2.05 bits per heavy atom. The molecule has 1 aromatic heterocycles. The van der Waals surface area contributed by atoms with E-state index in [2.05, 4.69) is 36.2 Å². The maximum absolute atomic E-state index is 5.38. The van der Waals surface area contributed by atoms with Crippen LogP contribution in [0.5, 0.6) is 0 Å². The van der Waals surface area contributed by atoms with Gasteiger partial charge in [-0.25, -0.2) is 0 Å². The van der Waals surface area contributed by atoms with Gasteiger partial charge < -0.3 is 14.6 Å². The highest BCUT2D eigenvalue weighted by Gasteiger charge is 2.22. The molecule has 110 valence electrons. The quantitative estimate of drug-likeness (QED) is 0.746. The van der Waals surface area contributed by atoms with Crippen LogP contribution in [0.25, 0.3) is 0 Å². The summed E-state index contributed by atoms with van der Waals surface area (Å²) < 4.78 is 10.6. The summed E-state index contributed by atoms with van der Waals surface area (Å²) in [6, 6.07) is 0.382. The van der Waals surface area contributed by atoms with E-state index in [0.717, 1.165) is 25.2 Å². The smallest absolute Gasteiger partial charge is 0.231 e. The molecule has 0 aliphatic heterocycles. The van der Waals surface area contributed by atoms with Crippen LogP contribution in [0, 0.1) is 0 Å². The molecule has 0 aliphatic carbocycles. The molecule has 3 unspecified atom stereocenters. The number of ether oxygens (including phenoxy) is 1. The summed E-state index contributed by atoms with van der Waals surface area (Å²) in [6.45, 7) is 9.49. The first-order valence-corrected chi connectivity index (χ1v) is 7.20. The Morgan fingerprint density at radius 1 is 1.32 bits per heavy atom. The normalized spacial score (nSPS) is 16.3. The van der Waals surface area contributed by atoms with Gasteiger partial charge in [0.25, 0.3) is 0 Å². The molecule has 0 aliphatic rings. The number of hydrogen-bond acceptors (Lipinski definition) is 5. The van der Waals surface area contributed by atoms with Gasteiger partial charge in [0.15, 0.2) is 5.82 Å². The monoisotopic (exact) mass is 269 g/mol. The molecule has 0 saturated carbocycles. The summed E-state index contributed by atoms with van der Waals surface area (Å²) in [6.07, 6.45) is 2.98. The molecule has 0 saturated heterocycles. The predicted molar refractivity (Wildman–Crippen MR) is 75.3 cm³/mol. The average molecular weight is 269 g/mol. The molecule has 19 heavy (non-hydrogen) atoms. The third kappa shape index (κ3) is 4.91. The van der Waals surface area contributed by atoms with Crippen molar-refractivity contribution in [3.05, 3.63) is 11.7 Å². The van der Waals surface area contributed by atoms with E-state index in [1.807, 2.05) is 6.92 Å². The van der Waals surface area contributed by atoms with Gasteiger partial charge in [-0.3, -0.25) is 0 Å². The van der Waals surface area contributed by atoms with Crippen molar-refractivity contribution in [1.82, 2.24) is 15.5 Å². The first-order valence-electron chi connectivity index (χ1n) is 7.20. The highest BCUT2D eigenvalue weighted by atomic mass is 16.5. The lowest BCUT2D eigenvalue weighted by Crippen LogP contribution is -2.33. The van der Waals surface area contributed by atoms with Gasteiger partial charge in [-0.2, -0.15) is 4.98 Å². The van der Waals surface area contributed by atoms with Gasteiger partial charge >= 0.3 is 0 Å². The number of nitrogens with zero attached hydrogens (tertiary/aromatic N) is 2. The second-order valence-electron chi connectivity index (χ2n) is 5.06. The Kier molecular flexibility index (Phi) is 7.02. The minimum absolute atomic E-state index is 0.112. The summed E-state index contributed by atoms with van der Waals surface area (Å²) in [5.41, 5.74) is 0. The highest BCUT2D eigenvalue weighted by molar-refractivity contribution is 4.98. The van der Waals surface area contributed by atoms with Gasteiger partial charge in [0.2, 0.25) is 5.89 Å². The molecule has 1 heterocycles. The van der Waals surface area contributed by atoms with Crippen LogP contribution < -0.4 is 5.32 Å². The number of methoxy groups -OCH3 is 1. The van der Waals surface area contributed by atoms with E-state index in [1.165, 1.54) is 0 Å². The fraction of sp³-hybridized carbons (Fsp3) is 0.857. The van der Waals surface area contributed by atoms with E-state index in [-0.39, 0.29) is 12.0 Å². The lowest BCUT2D eigenvalue weighted by Gasteiger charge is -2.20. The maximum atomic E-state index is 5.38. The molecule has 0 spiro atoms. The van der Waals surface area contributed by atoms with Gasteiger partial charge in [-0.05, 0) is 26.3 Å². The van der Waals surface area contributed by atoms with Crippen molar-refractivity contribution in [3.63, 3.8) is 0 Å². The van der Waals surface area contributed by atoms with Crippen LogP contribution in [-0.4, -0.2) is 35.9 Å².